The van der Waals surface area contributed by atoms with Crippen molar-refractivity contribution in [1.29, 1.82) is 0 Å². The first-order valence-corrected chi connectivity index (χ1v) is 11.3. The van der Waals surface area contributed by atoms with E-state index in [0.717, 1.165) is 5.56 Å². The molecule has 2 N–H and O–H groups in total. The molecule has 0 aromatic heterocycles. The molecule has 7 heteroatoms. The number of benzene rings is 2. The average Bonchev–Trinajstić information content (AvgIpc) is 2.60. The van der Waals surface area contributed by atoms with Crippen LogP contribution in [-0.4, -0.2) is 37.2 Å². The zero-order valence-electron chi connectivity index (χ0n) is 16.7. The molecule has 0 aliphatic carbocycles. The minimum Gasteiger partial charge on any atom is -0.508 e. The second-order valence-corrected chi connectivity index (χ2v) is 9.66. The Morgan fingerprint density at radius 2 is 1.32 bits per heavy atom. The fraction of sp³-hybridized carbons (Fsp3) is 0.381. The van der Waals surface area contributed by atoms with Crippen molar-refractivity contribution < 1.29 is 28.3 Å². The molecule has 0 aliphatic rings. The van der Waals surface area contributed by atoms with E-state index in [2.05, 4.69) is 0 Å². The van der Waals surface area contributed by atoms with Crippen molar-refractivity contribution in [2.75, 3.05) is 0 Å². The highest BCUT2D eigenvalue weighted by atomic mass is 28.4. The maximum absolute atomic E-state index is 12.7. The van der Waals surface area contributed by atoms with Crippen LogP contribution in [0.3, 0.4) is 0 Å². The van der Waals surface area contributed by atoms with Gasteiger partial charge in [-0.3, -0.25) is 0 Å². The Morgan fingerprint density at radius 1 is 0.857 bits per heavy atom. The summed E-state index contributed by atoms with van der Waals surface area (Å²) in [5.74, 6) is -0.272. The summed E-state index contributed by atoms with van der Waals surface area (Å²) < 4.78 is 18.0. The number of phenolic OH excluding ortho intramolecular Hbond substituents is 2. The number of rotatable bonds is 9. The highest BCUT2D eigenvalue weighted by Crippen LogP contribution is 2.25. The van der Waals surface area contributed by atoms with E-state index in [4.69, 9.17) is 13.3 Å². The molecule has 0 atom stereocenters. The van der Waals surface area contributed by atoms with Gasteiger partial charge in [0.25, 0.3) is 0 Å². The lowest BCUT2D eigenvalue weighted by Gasteiger charge is -2.32. The molecule has 0 fully saturated rings. The monoisotopic (exact) mass is 404 g/mol. The lowest BCUT2D eigenvalue weighted by Crippen LogP contribution is -2.50. The third kappa shape index (κ3) is 6.67. The van der Waals surface area contributed by atoms with E-state index >= 15 is 0 Å². The number of phenols is 2. The van der Waals surface area contributed by atoms with E-state index in [-0.39, 0.29) is 23.7 Å². The van der Waals surface area contributed by atoms with Gasteiger partial charge in [0.15, 0.2) is 0 Å². The van der Waals surface area contributed by atoms with Crippen LogP contribution in [0.25, 0.3) is 0 Å². The number of carbonyl (C=O) groups excluding carboxylic acids is 1. The van der Waals surface area contributed by atoms with Crippen LogP contribution < -0.4 is 0 Å². The Labute approximate surface area is 167 Å². The summed E-state index contributed by atoms with van der Waals surface area (Å²) in [4.78, 5) is 12.7. The van der Waals surface area contributed by atoms with Gasteiger partial charge in [0.1, 0.15) is 11.5 Å². The topological polar surface area (TPSA) is 85.2 Å². The summed E-state index contributed by atoms with van der Waals surface area (Å²) in [5, 5.41) is 18.9. The molecule has 0 aliphatic heterocycles. The third-order valence-corrected chi connectivity index (χ3v) is 6.86. The van der Waals surface area contributed by atoms with Crippen molar-refractivity contribution in [2.24, 2.45) is 0 Å². The van der Waals surface area contributed by atoms with Gasteiger partial charge in [-0.1, -0.05) is 12.1 Å². The summed E-state index contributed by atoms with van der Waals surface area (Å²) in [6, 6.07) is 13.2. The average molecular weight is 405 g/mol. The molecule has 0 radical (unpaired) electrons. The van der Waals surface area contributed by atoms with Crippen molar-refractivity contribution in [1.82, 2.24) is 0 Å². The molecule has 0 heterocycles. The normalized spacial score (nSPS) is 11.8. The van der Waals surface area contributed by atoms with Gasteiger partial charge in [-0.05, 0) is 76.1 Å². The summed E-state index contributed by atoms with van der Waals surface area (Å²) in [6.07, 6.45) is 0.213. The van der Waals surface area contributed by atoms with Crippen LogP contribution in [0, 0.1) is 0 Å². The van der Waals surface area contributed by atoms with Crippen molar-refractivity contribution in [3.8, 4) is 11.5 Å². The molecular formula is C21H28O6Si. The van der Waals surface area contributed by atoms with Gasteiger partial charge in [-0.2, -0.15) is 0 Å². The van der Waals surface area contributed by atoms with Crippen LogP contribution in [0.5, 0.6) is 11.5 Å². The lowest BCUT2D eigenvalue weighted by atomic mass is 10.2. The minimum atomic E-state index is -3.35. The van der Waals surface area contributed by atoms with E-state index in [1.165, 1.54) is 24.3 Å². The standard InChI is InChI=1S/C21H28O6Si/c1-15(2)25-28(26-16(3)4,14-13-17-5-9-19(22)10-6-17)27-21(24)18-7-11-20(23)12-8-18/h5-12,15-16,22-23H,13-14H2,1-4H3. The molecule has 152 valence electrons. The first-order chi connectivity index (χ1) is 13.2. The van der Waals surface area contributed by atoms with Crippen LogP contribution in [0.4, 0.5) is 0 Å². The van der Waals surface area contributed by atoms with Crippen molar-refractivity contribution in [2.45, 2.75) is 52.4 Å². The molecule has 2 rings (SSSR count). The Balaban J connectivity index is 2.25. The van der Waals surface area contributed by atoms with E-state index in [9.17, 15) is 15.0 Å². The van der Waals surface area contributed by atoms with Gasteiger partial charge >= 0.3 is 14.8 Å². The fourth-order valence-corrected chi connectivity index (χ4v) is 5.64. The maximum Gasteiger partial charge on any atom is 0.568 e. The maximum atomic E-state index is 12.7. The Morgan fingerprint density at radius 3 is 1.79 bits per heavy atom. The summed E-state index contributed by atoms with van der Waals surface area (Å²) >= 11 is 0. The van der Waals surface area contributed by atoms with Crippen molar-refractivity contribution in [3.63, 3.8) is 0 Å². The van der Waals surface area contributed by atoms with E-state index in [0.29, 0.717) is 18.0 Å². The smallest absolute Gasteiger partial charge is 0.508 e. The first kappa shape index (κ1) is 21.9. The largest absolute Gasteiger partial charge is 0.568 e. The molecule has 2 aromatic rings. The Kier molecular flexibility index (Phi) is 7.62. The highest BCUT2D eigenvalue weighted by molar-refractivity contribution is 6.62. The molecule has 28 heavy (non-hydrogen) atoms. The molecule has 0 unspecified atom stereocenters. The summed E-state index contributed by atoms with van der Waals surface area (Å²) in [5.41, 5.74) is 1.30. The summed E-state index contributed by atoms with van der Waals surface area (Å²) in [6.45, 7) is 7.50. The molecular weight excluding hydrogens is 376 g/mol. The number of hydrogen-bond acceptors (Lipinski definition) is 6. The van der Waals surface area contributed by atoms with Gasteiger partial charge in [0.2, 0.25) is 0 Å². The second-order valence-electron chi connectivity index (χ2n) is 7.12. The van der Waals surface area contributed by atoms with Gasteiger partial charge in [-0.15, -0.1) is 0 Å². The van der Waals surface area contributed by atoms with Crippen LogP contribution in [0.1, 0.15) is 43.6 Å². The predicted octanol–water partition coefficient (Wildman–Crippen LogP) is 4.29. The molecule has 0 saturated carbocycles. The Bertz CT molecular complexity index is 745. The quantitative estimate of drug-likeness (QED) is 0.607. The SMILES string of the molecule is CC(C)O[Si](CCc1ccc(O)cc1)(OC(=O)c1ccc(O)cc1)OC(C)C. The van der Waals surface area contributed by atoms with Crippen LogP contribution in [0.2, 0.25) is 6.04 Å². The molecule has 2 aromatic carbocycles. The third-order valence-electron chi connectivity index (χ3n) is 3.84. The number of carbonyl (C=O) groups is 1. The second kappa shape index (κ2) is 9.72. The zero-order valence-corrected chi connectivity index (χ0v) is 17.7. The molecule has 0 amide bonds. The molecule has 0 bridgehead atoms. The Hall–Kier alpha value is -2.35. The van der Waals surface area contributed by atoms with Gasteiger partial charge in [0.05, 0.1) is 5.56 Å². The van der Waals surface area contributed by atoms with Crippen LogP contribution in [0.15, 0.2) is 48.5 Å². The van der Waals surface area contributed by atoms with Crippen molar-refractivity contribution >= 4 is 14.8 Å². The van der Waals surface area contributed by atoms with Gasteiger partial charge < -0.3 is 23.5 Å². The predicted molar refractivity (Wildman–Crippen MR) is 108 cm³/mol. The van der Waals surface area contributed by atoms with E-state index in [1.807, 2.05) is 39.8 Å². The number of aromatic hydroxyl groups is 2. The number of aryl methyl sites for hydroxylation is 1. The minimum absolute atomic E-state index is 0.0734. The molecule has 0 spiro atoms. The number of hydrogen-bond donors (Lipinski definition) is 2. The summed E-state index contributed by atoms with van der Waals surface area (Å²) in [7, 11) is -3.35. The molecule has 6 nitrogen and oxygen atoms in total. The van der Waals surface area contributed by atoms with Crippen LogP contribution in [-0.2, 0) is 19.7 Å². The highest BCUT2D eigenvalue weighted by Gasteiger charge is 2.47. The first-order valence-electron chi connectivity index (χ1n) is 9.35. The lowest BCUT2D eigenvalue weighted by molar-refractivity contribution is 0.0188. The fourth-order valence-electron chi connectivity index (χ4n) is 2.72. The van der Waals surface area contributed by atoms with Crippen LogP contribution >= 0.6 is 0 Å². The zero-order chi connectivity index (χ0) is 20.7. The van der Waals surface area contributed by atoms with Gasteiger partial charge in [0, 0.05) is 18.3 Å². The van der Waals surface area contributed by atoms with E-state index in [1.54, 1.807) is 12.1 Å². The molecule has 0 saturated heterocycles. The van der Waals surface area contributed by atoms with Crippen molar-refractivity contribution in [3.05, 3.63) is 59.7 Å². The van der Waals surface area contributed by atoms with Gasteiger partial charge in [-0.25, -0.2) is 4.79 Å². The van der Waals surface area contributed by atoms with E-state index < -0.39 is 14.8 Å².